The molecule has 3 nitrogen and oxygen atoms in total. The third-order valence-electron chi connectivity index (χ3n) is 6.75. The Labute approximate surface area is 207 Å². The van der Waals surface area contributed by atoms with E-state index < -0.39 is 0 Å². The lowest BCUT2D eigenvalue weighted by Crippen LogP contribution is -2.67. The first-order valence-electron chi connectivity index (χ1n) is 11.6. The predicted molar refractivity (Wildman–Crippen MR) is 142 cm³/mol. The highest BCUT2D eigenvalue weighted by Crippen LogP contribution is 2.36. The number of benzene rings is 3. The summed E-state index contributed by atoms with van der Waals surface area (Å²) in [7, 11) is 0. The Morgan fingerprint density at radius 2 is 1.28 bits per heavy atom. The fourth-order valence-corrected chi connectivity index (χ4v) is 5.17. The molecule has 1 atom stereocenters. The summed E-state index contributed by atoms with van der Waals surface area (Å²) in [5.74, 6) is 0. The van der Waals surface area contributed by atoms with E-state index in [0.717, 1.165) is 43.8 Å². The summed E-state index contributed by atoms with van der Waals surface area (Å²) in [6.07, 6.45) is 1.22. The maximum atomic E-state index is 2.71. The van der Waals surface area contributed by atoms with Crippen molar-refractivity contribution in [3.8, 4) is 0 Å². The standard InChI is InChI=1S/C28H34IN3/c1-28(17-18-31(28)22-26-13-7-3-8-14-26)32(23-27-15-9-4-10-16-27)20-19-30(24-29)21-25-11-5-2-6-12-25/h2-16H,17-24H2,1H3. The van der Waals surface area contributed by atoms with Crippen LogP contribution in [0.5, 0.6) is 0 Å². The molecule has 0 N–H and O–H groups in total. The Morgan fingerprint density at radius 3 is 1.78 bits per heavy atom. The van der Waals surface area contributed by atoms with E-state index in [0.29, 0.717) is 0 Å². The molecule has 0 bridgehead atoms. The van der Waals surface area contributed by atoms with Crippen LogP contribution in [-0.2, 0) is 19.6 Å². The molecule has 1 aliphatic rings. The number of halogens is 1. The molecule has 0 aliphatic carbocycles. The van der Waals surface area contributed by atoms with Gasteiger partial charge in [0, 0.05) is 39.3 Å². The molecule has 32 heavy (non-hydrogen) atoms. The molecule has 1 saturated heterocycles. The van der Waals surface area contributed by atoms with E-state index in [9.17, 15) is 0 Å². The second-order valence-corrected chi connectivity index (χ2v) is 9.62. The summed E-state index contributed by atoms with van der Waals surface area (Å²) in [5.41, 5.74) is 4.27. The molecule has 0 aromatic heterocycles. The van der Waals surface area contributed by atoms with E-state index in [1.54, 1.807) is 0 Å². The van der Waals surface area contributed by atoms with Crippen LogP contribution in [0.15, 0.2) is 91.0 Å². The number of rotatable bonds is 11. The summed E-state index contributed by atoms with van der Waals surface area (Å²) < 4.78 is 1.04. The Morgan fingerprint density at radius 1 is 0.750 bits per heavy atom. The zero-order valence-corrected chi connectivity index (χ0v) is 21.2. The number of alkyl halides is 1. The van der Waals surface area contributed by atoms with Crippen LogP contribution in [0.2, 0.25) is 0 Å². The van der Waals surface area contributed by atoms with Crippen molar-refractivity contribution in [3.63, 3.8) is 0 Å². The quantitative estimate of drug-likeness (QED) is 0.168. The Balaban J connectivity index is 1.46. The molecule has 1 heterocycles. The van der Waals surface area contributed by atoms with Crippen molar-refractivity contribution in [1.29, 1.82) is 0 Å². The van der Waals surface area contributed by atoms with Gasteiger partial charge in [0.2, 0.25) is 0 Å². The fraction of sp³-hybridized carbons (Fsp3) is 0.357. The third kappa shape index (κ3) is 5.98. The summed E-state index contributed by atoms with van der Waals surface area (Å²) in [5, 5.41) is 0. The van der Waals surface area contributed by atoms with Gasteiger partial charge in [0.1, 0.15) is 0 Å². The van der Waals surface area contributed by atoms with E-state index in [-0.39, 0.29) is 5.66 Å². The molecule has 0 spiro atoms. The van der Waals surface area contributed by atoms with Crippen LogP contribution in [0.4, 0.5) is 0 Å². The first-order chi connectivity index (χ1) is 15.7. The summed E-state index contributed by atoms with van der Waals surface area (Å²) in [6, 6.07) is 32.7. The maximum absolute atomic E-state index is 2.71. The average molecular weight is 540 g/mol. The average Bonchev–Trinajstić information content (AvgIpc) is 2.85. The lowest BCUT2D eigenvalue weighted by molar-refractivity contribution is -0.133. The second kappa shape index (κ2) is 11.4. The monoisotopic (exact) mass is 539 g/mol. The zero-order valence-electron chi connectivity index (χ0n) is 19.0. The highest BCUT2D eigenvalue weighted by Gasteiger charge is 2.44. The molecule has 0 amide bonds. The van der Waals surface area contributed by atoms with Gasteiger partial charge in [-0.3, -0.25) is 14.7 Å². The van der Waals surface area contributed by atoms with Gasteiger partial charge >= 0.3 is 0 Å². The van der Waals surface area contributed by atoms with Gasteiger partial charge in [-0.25, -0.2) is 0 Å². The predicted octanol–water partition coefficient (Wildman–Crippen LogP) is 6.01. The van der Waals surface area contributed by atoms with Gasteiger partial charge in [-0.15, -0.1) is 0 Å². The van der Waals surface area contributed by atoms with E-state index in [1.165, 1.54) is 23.1 Å². The van der Waals surface area contributed by atoms with E-state index in [1.807, 2.05) is 0 Å². The van der Waals surface area contributed by atoms with Crippen molar-refractivity contribution in [2.24, 2.45) is 0 Å². The number of likely N-dealkylation sites (tertiary alicyclic amines) is 1. The van der Waals surface area contributed by atoms with Crippen molar-refractivity contribution >= 4 is 22.6 Å². The lowest BCUT2D eigenvalue weighted by atomic mass is 9.92. The van der Waals surface area contributed by atoms with Gasteiger partial charge < -0.3 is 0 Å². The van der Waals surface area contributed by atoms with Gasteiger partial charge in [0.15, 0.2) is 0 Å². The van der Waals surface area contributed by atoms with Crippen LogP contribution in [0.3, 0.4) is 0 Å². The smallest absolute Gasteiger partial charge is 0.0727 e. The topological polar surface area (TPSA) is 9.72 Å². The molecule has 1 aliphatic heterocycles. The molecule has 1 unspecified atom stereocenters. The highest BCUT2D eigenvalue weighted by molar-refractivity contribution is 14.1. The first kappa shape index (κ1) is 23.4. The summed E-state index contributed by atoms with van der Waals surface area (Å²) in [4.78, 5) is 7.91. The Bertz CT molecular complexity index is 935. The molecule has 1 fully saturated rings. The van der Waals surface area contributed by atoms with Gasteiger partial charge in [-0.2, -0.15) is 0 Å². The van der Waals surface area contributed by atoms with Crippen LogP contribution in [0.25, 0.3) is 0 Å². The number of hydrogen-bond acceptors (Lipinski definition) is 3. The van der Waals surface area contributed by atoms with Crippen molar-refractivity contribution in [2.75, 3.05) is 24.2 Å². The minimum atomic E-state index is 0.0926. The summed E-state index contributed by atoms with van der Waals surface area (Å²) >= 11 is 2.51. The fourth-order valence-electron chi connectivity index (χ4n) is 4.58. The highest BCUT2D eigenvalue weighted by atomic mass is 127. The SMILES string of the molecule is CC1(N(CCN(CI)Cc2ccccc2)Cc2ccccc2)CCN1Cc1ccccc1. The van der Waals surface area contributed by atoms with Crippen molar-refractivity contribution in [1.82, 2.24) is 14.7 Å². The van der Waals surface area contributed by atoms with E-state index in [2.05, 4.69) is 135 Å². The minimum absolute atomic E-state index is 0.0926. The summed E-state index contributed by atoms with van der Waals surface area (Å²) in [6.45, 7) is 8.75. The van der Waals surface area contributed by atoms with Crippen LogP contribution >= 0.6 is 22.6 Å². The van der Waals surface area contributed by atoms with Gasteiger partial charge in [-0.05, 0) is 30.0 Å². The zero-order chi connectivity index (χ0) is 22.2. The molecular formula is C28H34IN3. The third-order valence-corrected chi connectivity index (χ3v) is 7.72. The first-order valence-corrected chi connectivity index (χ1v) is 13.1. The van der Waals surface area contributed by atoms with Crippen molar-refractivity contribution in [2.45, 2.75) is 38.6 Å². The van der Waals surface area contributed by atoms with Crippen molar-refractivity contribution in [3.05, 3.63) is 108 Å². The molecule has 4 heteroatoms. The van der Waals surface area contributed by atoms with Crippen LogP contribution < -0.4 is 0 Å². The largest absolute Gasteiger partial charge is 0.289 e. The van der Waals surface area contributed by atoms with Crippen LogP contribution in [-0.4, -0.2) is 44.5 Å². The number of nitrogens with zero attached hydrogens (tertiary/aromatic N) is 3. The van der Waals surface area contributed by atoms with Crippen LogP contribution in [0.1, 0.15) is 30.0 Å². The van der Waals surface area contributed by atoms with Gasteiger partial charge in [0.25, 0.3) is 0 Å². The lowest BCUT2D eigenvalue weighted by Gasteiger charge is -2.57. The second-order valence-electron chi connectivity index (χ2n) is 8.94. The van der Waals surface area contributed by atoms with Gasteiger partial charge in [0.05, 0.1) is 10.2 Å². The molecule has 3 aromatic carbocycles. The Kier molecular flexibility index (Phi) is 8.36. The molecule has 4 rings (SSSR count). The van der Waals surface area contributed by atoms with Gasteiger partial charge in [-0.1, -0.05) is 114 Å². The molecule has 3 aromatic rings. The maximum Gasteiger partial charge on any atom is 0.0727 e. The normalized spacial score (nSPS) is 18.8. The molecule has 0 saturated carbocycles. The van der Waals surface area contributed by atoms with E-state index in [4.69, 9.17) is 0 Å². The minimum Gasteiger partial charge on any atom is -0.289 e. The van der Waals surface area contributed by atoms with Crippen LogP contribution in [0, 0.1) is 0 Å². The van der Waals surface area contributed by atoms with E-state index >= 15 is 0 Å². The number of hydrogen-bond donors (Lipinski definition) is 0. The molecule has 168 valence electrons. The Hall–Kier alpha value is -1.73. The molecule has 0 radical (unpaired) electrons. The van der Waals surface area contributed by atoms with Crippen molar-refractivity contribution < 1.29 is 0 Å². The molecular weight excluding hydrogens is 505 g/mol.